The van der Waals surface area contributed by atoms with E-state index < -0.39 is 35.1 Å². The topological polar surface area (TPSA) is 90.4 Å². The second-order valence-electron chi connectivity index (χ2n) is 13.2. The Labute approximate surface area is 256 Å². The lowest BCUT2D eigenvalue weighted by molar-refractivity contribution is -0.158. The number of rotatable bonds is 12. The Balaban J connectivity index is 1.63. The van der Waals surface area contributed by atoms with Crippen molar-refractivity contribution in [2.45, 2.75) is 101 Å². The molecule has 3 heterocycles. The maximum atomic E-state index is 14.9. The number of amides is 3. The zero-order valence-electron chi connectivity index (χ0n) is 26.1. The van der Waals surface area contributed by atoms with Crippen molar-refractivity contribution in [3.63, 3.8) is 0 Å². The van der Waals surface area contributed by atoms with Gasteiger partial charge in [0.1, 0.15) is 11.6 Å². The molecule has 234 valence electrons. The third-order valence-corrected chi connectivity index (χ3v) is 10.7. The van der Waals surface area contributed by atoms with Gasteiger partial charge in [0, 0.05) is 24.8 Å². The van der Waals surface area contributed by atoms with E-state index in [1.165, 1.54) is 0 Å². The van der Waals surface area contributed by atoms with Gasteiger partial charge < -0.3 is 24.5 Å². The van der Waals surface area contributed by atoms with Gasteiger partial charge in [-0.25, -0.2) is 0 Å². The smallest absolute Gasteiger partial charge is 0.248 e. The Kier molecular flexibility index (Phi) is 9.19. The minimum absolute atomic E-state index is 0.0654. The zero-order valence-corrected chi connectivity index (χ0v) is 26.1. The first-order valence-electron chi connectivity index (χ1n) is 16.2. The van der Waals surface area contributed by atoms with Crippen molar-refractivity contribution in [1.82, 2.24) is 9.80 Å². The lowest BCUT2D eigenvalue weighted by Gasteiger charge is -2.43. The standard InChI is InChI=1S/C35H49N3O5/c1-6-21-36(25-15-11-9-12-16-25)31(40)28-29-32(41)38(27(23-39)24(4)5)30(35(29)20-19-34(28,8-3)43-35)33(42)37(22-7-2)26-17-13-10-14-18-26/h6-7,9,11-12,15-16,24,26-30,39H,1-2,8,10,13-14,17-23H2,3-5H3/t27-,28+,29-,30?,34-,35?/m0/s1. The first-order chi connectivity index (χ1) is 20.7. The monoisotopic (exact) mass is 591 g/mol. The summed E-state index contributed by atoms with van der Waals surface area (Å²) in [6, 6.07) is 8.02. The molecule has 4 aliphatic rings. The normalized spacial score (nSPS) is 30.8. The summed E-state index contributed by atoms with van der Waals surface area (Å²) in [5, 5.41) is 10.6. The largest absolute Gasteiger partial charge is 0.394 e. The minimum Gasteiger partial charge on any atom is -0.394 e. The second kappa shape index (κ2) is 12.6. The van der Waals surface area contributed by atoms with Gasteiger partial charge in [-0.3, -0.25) is 14.4 Å². The van der Waals surface area contributed by atoms with Crippen molar-refractivity contribution >= 4 is 23.4 Å². The highest BCUT2D eigenvalue weighted by atomic mass is 16.5. The summed E-state index contributed by atoms with van der Waals surface area (Å²) >= 11 is 0. The summed E-state index contributed by atoms with van der Waals surface area (Å²) in [5.74, 6) is -2.26. The summed E-state index contributed by atoms with van der Waals surface area (Å²) in [7, 11) is 0. The van der Waals surface area contributed by atoms with Crippen LogP contribution < -0.4 is 4.90 Å². The van der Waals surface area contributed by atoms with Crippen molar-refractivity contribution in [2.24, 2.45) is 17.8 Å². The molecule has 1 aliphatic carbocycles. The maximum Gasteiger partial charge on any atom is 0.248 e. The molecular weight excluding hydrogens is 542 g/mol. The maximum absolute atomic E-state index is 14.9. The molecule has 1 spiro atoms. The fourth-order valence-corrected chi connectivity index (χ4v) is 8.62. The molecule has 3 saturated heterocycles. The summed E-state index contributed by atoms with van der Waals surface area (Å²) in [5.41, 5.74) is -1.26. The number of benzene rings is 1. The molecule has 1 aromatic carbocycles. The molecule has 1 saturated carbocycles. The Morgan fingerprint density at radius 2 is 1.74 bits per heavy atom. The number of aliphatic hydroxyl groups is 1. The molecule has 8 nitrogen and oxygen atoms in total. The molecule has 0 radical (unpaired) electrons. The van der Waals surface area contributed by atoms with Gasteiger partial charge in [-0.15, -0.1) is 13.2 Å². The average Bonchev–Trinajstić information content (AvgIpc) is 3.63. The van der Waals surface area contributed by atoms with E-state index in [1.54, 1.807) is 22.0 Å². The van der Waals surface area contributed by atoms with E-state index in [0.29, 0.717) is 32.4 Å². The molecule has 1 aromatic rings. The first kappa shape index (κ1) is 31.5. The molecule has 4 fully saturated rings. The molecule has 43 heavy (non-hydrogen) atoms. The van der Waals surface area contributed by atoms with Gasteiger partial charge in [0.2, 0.25) is 17.7 Å². The van der Waals surface area contributed by atoms with E-state index in [0.717, 1.165) is 37.8 Å². The molecule has 3 aliphatic heterocycles. The van der Waals surface area contributed by atoms with Crippen LogP contribution in [0.1, 0.15) is 72.1 Å². The number of fused-ring (bicyclic) bond motifs is 1. The third-order valence-electron chi connectivity index (χ3n) is 10.7. The third kappa shape index (κ3) is 5.04. The lowest BCUT2D eigenvalue weighted by atomic mass is 9.64. The Hall–Kier alpha value is -2.97. The van der Waals surface area contributed by atoms with Gasteiger partial charge in [0.25, 0.3) is 0 Å². The van der Waals surface area contributed by atoms with Crippen LogP contribution in [-0.2, 0) is 19.1 Å². The summed E-state index contributed by atoms with van der Waals surface area (Å²) in [6.07, 6.45) is 10.2. The van der Waals surface area contributed by atoms with E-state index in [2.05, 4.69) is 13.2 Å². The number of ether oxygens (including phenoxy) is 1. The first-order valence-corrected chi connectivity index (χ1v) is 16.2. The number of hydrogen-bond acceptors (Lipinski definition) is 5. The van der Waals surface area contributed by atoms with Crippen molar-refractivity contribution in [2.75, 3.05) is 24.6 Å². The molecule has 5 rings (SSSR count). The molecule has 2 bridgehead atoms. The summed E-state index contributed by atoms with van der Waals surface area (Å²) < 4.78 is 7.05. The molecule has 6 atom stereocenters. The Morgan fingerprint density at radius 3 is 2.33 bits per heavy atom. The number of carbonyl (C=O) groups is 3. The van der Waals surface area contributed by atoms with Crippen LogP contribution in [0.4, 0.5) is 5.69 Å². The van der Waals surface area contributed by atoms with Crippen LogP contribution >= 0.6 is 0 Å². The van der Waals surface area contributed by atoms with Crippen LogP contribution in [0.2, 0.25) is 0 Å². The van der Waals surface area contributed by atoms with Gasteiger partial charge in [0.05, 0.1) is 30.1 Å². The molecule has 0 aromatic heterocycles. The van der Waals surface area contributed by atoms with Crippen molar-refractivity contribution in [3.05, 3.63) is 55.6 Å². The van der Waals surface area contributed by atoms with Crippen molar-refractivity contribution < 1.29 is 24.2 Å². The van der Waals surface area contributed by atoms with Crippen molar-refractivity contribution in [3.8, 4) is 0 Å². The van der Waals surface area contributed by atoms with Crippen LogP contribution in [0.5, 0.6) is 0 Å². The number of likely N-dealkylation sites (tertiary alicyclic amines) is 1. The van der Waals surface area contributed by atoms with E-state index in [9.17, 15) is 19.5 Å². The number of para-hydroxylation sites is 1. The second-order valence-corrected chi connectivity index (χ2v) is 13.2. The lowest BCUT2D eigenvalue weighted by Crippen LogP contribution is -2.61. The van der Waals surface area contributed by atoms with E-state index >= 15 is 0 Å². The summed E-state index contributed by atoms with van der Waals surface area (Å²) in [4.78, 5) is 49.6. The number of anilines is 1. The van der Waals surface area contributed by atoms with Gasteiger partial charge in [-0.2, -0.15) is 0 Å². The number of carbonyl (C=O) groups excluding carboxylic acids is 3. The van der Waals surface area contributed by atoms with Crippen LogP contribution in [0.3, 0.4) is 0 Å². The van der Waals surface area contributed by atoms with Crippen molar-refractivity contribution in [1.29, 1.82) is 0 Å². The highest BCUT2D eigenvalue weighted by molar-refractivity contribution is 6.03. The number of aliphatic hydroxyl groups excluding tert-OH is 1. The Bertz CT molecular complexity index is 1210. The van der Waals surface area contributed by atoms with Gasteiger partial charge in [-0.1, -0.05) is 70.4 Å². The molecule has 8 heteroatoms. The van der Waals surface area contributed by atoms with E-state index in [1.807, 2.05) is 56.0 Å². The highest BCUT2D eigenvalue weighted by Crippen LogP contribution is 2.65. The van der Waals surface area contributed by atoms with Crippen LogP contribution in [0.15, 0.2) is 55.6 Å². The van der Waals surface area contributed by atoms with Gasteiger partial charge in [-0.05, 0) is 50.2 Å². The predicted octanol–water partition coefficient (Wildman–Crippen LogP) is 4.72. The average molecular weight is 592 g/mol. The number of hydrogen-bond donors (Lipinski definition) is 1. The molecule has 2 unspecified atom stereocenters. The number of nitrogens with zero attached hydrogens (tertiary/aromatic N) is 3. The van der Waals surface area contributed by atoms with Gasteiger partial charge in [0.15, 0.2) is 0 Å². The fourth-order valence-electron chi connectivity index (χ4n) is 8.62. The summed E-state index contributed by atoms with van der Waals surface area (Å²) in [6.45, 7) is 14.2. The minimum atomic E-state index is -1.14. The highest BCUT2D eigenvalue weighted by Gasteiger charge is 2.79. The predicted molar refractivity (Wildman–Crippen MR) is 167 cm³/mol. The van der Waals surface area contributed by atoms with Crippen LogP contribution in [-0.4, -0.2) is 81.7 Å². The quantitative estimate of drug-likeness (QED) is 0.355. The molecule has 1 N–H and O–H groups in total. The van der Waals surface area contributed by atoms with E-state index in [4.69, 9.17) is 4.74 Å². The fraction of sp³-hybridized carbons (Fsp3) is 0.629. The molecule has 3 amide bonds. The zero-order chi connectivity index (χ0) is 30.9. The molecular formula is C35H49N3O5. The van der Waals surface area contributed by atoms with Gasteiger partial charge >= 0.3 is 0 Å². The Morgan fingerprint density at radius 1 is 1.07 bits per heavy atom. The van der Waals surface area contributed by atoms with E-state index in [-0.39, 0.29) is 36.3 Å². The SMILES string of the molecule is C=CCN(C(=O)[C@H]1[C@H]2C(=O)N([C@@H](CO)C(C)C)C(C(=O)N(CC=C)C3CCCCC3)C23CC[C@]1(CC)O3)c1ccccc1. The van der Waals surface area contributed by atoms with Crippen LogP contribution in [0.25, 0.3) is 0 Å². The van der Waals surface area contributed by atoms with Crippen LogP contribution in [0, 0.1) is 17.8 Å².